The zero-order valence-corrected chi connectivity index (χ0v) is 31.5. The molecule has 0 N–H and O–H groups in total. The number of fused-ring (bicyclic) bond motifs is 2. The van der Waals surface area contributed by atoms with Gasteiger partial charge >= 0.3 is 0 Å². The molecule has 0 atom stereocenters. The number of hydrogen-bond donors (Lipinski definition) is 0. The van der Waals surface area contributed by atoms with Crippen LogP contribution in [0.15, 0.2) is 52.9 Å². The summed E-state index contributed by atoms with van der Waals surface area (Å²) in [6.45, 7) is 12.7. The maximum Gasteiger partial charge on any atom is 0.261 e. The SMILES string of the molecule is CC(C)(C)c1sc(C(C)(C)C)c2sc(S(=O)(=O)CCCN3C(=O)c4ccc(C#Cc5ccccc5)cc4C3=O)nc12.II. The Morgan fingerprint density at radius 2 is 1.42 bits per heavy atom. The van der Waals surface area contributed by atoms with Crippen LogP contribution in [0.25, 0.3) is 10.2 Å². The third-order valence-electron chi connectivity index (χ3n) is 6.75. The number of carbonyl (C=O) groups excluding carboxylic acids is 2. The molecule has 0 unspecified atom stereocenters. The average Bonchev–Trinajstić information content (AvgIpc) is 3.61. The van der Waals surface area contributed by atoms with Crippen LogP contribution in [0, 0.1) is 11.8 Å². The van der Waals surface area contributed by atoms with Crippen LogP contribution in [-0.4, -0.2) is 42.4 Å². The molecule has 2 aromatic carbocycles. The number of thiazole rings is 1. The Morgan fingerprint density at radius 3 is 2.05 bits per heavy atom. The van der Waals surface area contributed by atoms with E-state index in [1.807, 2.05) is 30.3 Å². The van der Waals surface area contributed by atoms with Crippen molar-refractivity contribution in [2.45, 2.75) is 63.1 Å². The Bertz CT molecular complexity index is 1810. The standard InChI is InChI=1S/C32H32N2O4S3.I2/c1-31(2,3)26-24-25(27(40-26)32(4,5)6)39-30(33-24)41(37,38)18-10-17-34-28(35)22-16-15-21(19-23(22)29(34)36)14-13-20-11-8-7-9-12-20;1-2/h7-9,11-12,15-16,19H,10,17-18H2,1-6H3;. The second kappa shape index (κ2) is 13.2. The Labute approximate surface area is 284 Å². The topological polar surface area (TPSA) is 84.4 Å². The van der Waals surface area contributed by atoms with Gasteiger partial charge in [0.1, 0.15) is 0 Å². The Kier molecular flexibility index (Phi) is 10.5. The van der Waals surface area contributed by atoms with Crippen LogP contribution >= 0.6 is 59.9 Å². The average molecular weight is 859 g/mol. The molecule has 5 rings (SSSR count). The highest BCUT2D eigenvalue weighted by atomic mass is 128. The number of carbonyl (C=O) groups is 2. The molecule has 0 spiro atoms. The van der Waals surface area contributed by atoms with E-state index in [0.29, 0.717) is 16.7 Å². The minimum absolute atomic E-state index is 0.0102. The van der Waals surface area contributed by atoms with Crippen LogP contribution in [0.3, 0.4) is 0 Å². The molecule has 4 aromatic rings. The third-order valence-corrected chi connectivity index (χ3v) is 12.2. The number of aromatic nitrogens is 1. The first-order chi connectivity index (χ1) is 20.2. The maximum atomic E-state index is 13.4. The van der Waals surface area contributed by atoms with E-state index in [0.717, 1.165) is 30.4 Å². The van der Waals surface area contributed by atoms with Crippen molar-refractivity contribution >= 4 is 91.8 Å². The summed E-state index contributed by atoms with van der Waals surface area (Å²) in [7, 11) is -3.71. The van der Waals surface area contributed by atoms with Crippen molar-refractivity contribution in [1.82, 2.24) is 9.88 Å². The van der Waals surface area contributed by atoms with Crippen molar-refractivity contribution in [3.8, 4) is 11.8 Å². The molecule has 1 aliphatic rings. The van der Waals surface area contributed by atoms with E-state index < -0.39 is 21.7 Å². The van der Waals surface area contributed by atoms with Crippen LogP contribution in [0.5, 0.6) is 0 Å². The van der Waals surface area contributed by atoms with Crippen molar-refractivity contribution in [2.75, 3.05) is 12.3 Å². The van der Waals surface area contributed by atoms with Gasteiger partial charge in [-0.3, -0.25) is 14.5 Å². The third kappa shape index (κ3) is 7.35. The molecule has 2 aromatic heterocycles. The molecule has 0 radical (unpaired) electrons. The van der Waals surface area contributed by atoms with Crippen LogP contribution in [0.2, 0.25) is 0 Å². The first-order valence-corrected chi connectivity index (χ1v) is 23.1. The molecule has 0 aliphatic carbocycles. The summed E-state index contributed by atoms with van der Waals surface area (Å²) in [4.78, 5) is 34.1. The van der Waals surface area contributed by atoms with Crippen LogP contribution in [0.4, 0.5) is 0 Å². The quantitative estimate of drug-likeness (QED) is 0.114. The van der Waals surface area contributed by atoms with Gasteiger partial charge in [-0.25, -0.2) is 13.4 Å². The highest BCUT2D eigenvalue weighted by Crippen LogP contribution is 2.46. The number of imide groups is 1. The molecule has 6 nitrogen and oxygen atoms in total. The van der Waals surface area contributed by atoms with E-state index in [1.165, 1.54) is 11.3 Å². The highest BCUT2D eigenvalue weighted by Gasteiger charge is 2.36. The van der Waals surface area contributed by atoms with Crippen LogP contribution < -0.4 is 0 Å². The summed E-state index contributed by atoms with van der Waals surface area (Å²) in [5.74, 6) is 5.05. The first kappa shape index (κ1) is 34.0. The first-order valence-electron chi connectivity index (χ1n) is 13.6. The van der Waals surface area contributed by atoms with Gasteiger partial charge in [0.05, 0.1) is 27.1 Å². The van der Waals surface area contributed by atoms with E-state index in [-0.39, 0.29) is 33.9 Å². The van der Waals surface area contributed by atoms with Gasteiger partial charge in [-0.15, -0.1) is 22.7 Å². The normalized spacial score (nSPS) is 13.4. The van der Waals surface area contributed by atoms with Gasteiger partial charge in [-0.1, -0.05) is 71.6 Å². The molecule has 226 valence electrons. The fourth-order valence-corrected chi connectivity index (χ4v) is 9.12. The molecule has 11 heteroatoms. The van der Waals surface area contributed by atoms with E-state index >= 15 is 0 Å². The van der Waals surface area contributed by atoms with E-state index in [2.05, 4.69) is 95.6 Å². The van der Waals surface area contributed by atoms with E-state index in [4.69, 9.17) is 0 Å². The van der Waals surface area contributed by atoms with Crippen molar-refractivity contribution < 1.29 is 18.0 Å². The Morgan fingerprint density at radius 1 is 0.814 bits per heavy atom. The number of thiophene rings is 1. The van der Waals surface area contributed by atoms with Crippen molar-refractivity contribution in [3.63, 3.8) is 0 Å². The molecule has 1 aliphatic heterocycles. The fourth-order valence-electron chi connectivity index (χ4n) is 4.68. The number of rotatable bonds is 5. The number of sulfone groups is 1. The number of amides is 2. The zero-order valence-electron chi connectivity index (χ0n) is 24.7. The second-order valence-electron chi connectivity index (χ2n) is 12.2. The van der Waals surface area contributed by atoms with Crippen LogP contribution in [0.1, 0.15) is 89.6 Å². The van der Waals surface area contributed by atoms with Crippen molar-refractivity contribution in [1.29, 1.82) is 0 Å². The van der Waals surface area contributed by atoms with E-state index in [1.54, 1.807) is 29.5 Å². The zero-order chi connectivity index (χ0) is 31.7. The monoisotopic (exact) mass is 858 g/mol. The smallest absolute Gasteiger partial charge is 0.261 e. The van der Waals surface area contributed by atoms with Gasteiger partial charge in [0.15, 0.2) is 0 Å². The summed E-state index contributed by atoms with van der Waals surface area (Å²) in [5, 5.41) is 0. The molecular formula is C32H32I2N2O4S3. The summed E-state index contributed by atoms with van der Waals surface area (Å²) in [6, 6.07) is 14.5. The molecule has 0 fully saturated rings. The summed E-state index contributed by atoms with van der Waals surface area (Å²) >= 11 is 7.17. The number of nitrogens with zero attached hydrogens (tertiary/aromatic N) is 2. The summed E-state index contributed by atoms with van der Waals surface area (Å²) < 4.78 is 27.7. The Balaban J connectivity index is 0.00000207. The predicted molar refractivity (Wildman–Crippen MR) is 194 cm³/mol. The fraction of sp³-hybridized carbons (Fsp3) is 0.344. The van der Waals surface area contributed by atoms with Gasteiger partial charge in [-0.2, -0.15) is 0 Å². The predicted octanol–water partition coefficient (Wildman–Crippen LogP) is 8.58. The maximum absolute atomic E-state index is 13.4. The van der Waals surface area contributed by atoms with Gasteiger partial charge in [0.25, 0.3) is 11.8 Å². The van der Waals surface area contributed by atoms with Crippen molar-refractivity contribution in [2.24, 2.45) is 0 Å². The van der Waals surface area contributed by atoms with Crippen LogP contribution in [-0.2, 0) is 20.7 Å². The lowest BCUT2D eigenvalue weighted by molar-refractivity contribution is 0.0654. The van der Waals surface area contributed by atoms with E-state index in [9.17, 15) is 18.0 Å². The lowest BCUT2D eigenvalue weighted by Crippen LogP contribution is -2.31. The van der Waals surface area contributed by atoms with Gasteiger partial charge in [0.2, 0.25) is 14.2 Å². The van der Waals surface area contributed by atoms with Gasteiger partial charge in [-0.05, 0) is 47.6 Å². The molecule has 0 bridgehead atoms. The molecule has 0 saturated carbocycles. The highest BCUT2D eigenvalue weighted by molar-refractivity contribution is 15.0. The largest absolute Gasteiger partial charge is 0.274 e. The minimum atomic E-state index is -3.71. The van der Waals surface area contributed by atoms with Crippen molar-refractivity contribution in [3.05, 3.63) is 80.5 Å². The summed E-state index contributed by atoms with van der Waals surface area (Å²) in [6.07, 6.45) is 0.124. The number of benzene rings is 2. The molecule has 0 saturated heterocycles. The lowest BCUT2D eigenvalue weighted by Gasteiger charge is -2.18. The minimum Gasteiger partial charge on any atom is -0.274 e. The van der Waals surface area contributed by atoms with Gasteiger partial charge in [0, 0.05) is 64.7 Å². The Hall–Kier alpha value is -1.86. The lowest BCUT2D eigenvalue weighted by atomic mass is 9.92. The molecule has 43 heavy (non-hydrogen) atoms. The summed E-state index contributed by atoms with van der Waals surface area (Å²) in [5.41, 5.74) is 2.55. The molecule has 2 amide bonds. The number of halogens is 2. The number of hydrogen-bond acceptors (Lipinski definition) is 7. The van der Waals surface area contributed by atoms with Gasteiger partial charge < -0.3 is 0 Å². The molecular weight excluding hydrogens is 826 g/mol. The molecule has 3 heterocycles. The second-order valence-corrected chi connectivity index (χ2v) is 16.5.